The third-order valence-corrected chi connectivity index (χ3v) is 10.6. The van der Waals surface area contributed by atoms with Crippen molar-refractivity contribution in [2.45, 2.75) is 65.7 Å². The summed E-state index contributed by atoms with van der Waals surface area (Å²) in [6.07, 6.45) is 7.71. The van der Waals surface area contributed by atoms with Crippen molar-refractivity contribution in [3.63, 3.8) is 0 Å². The van der Waals surface area contributed by atoms with Gasteiger partial charge in [0, 0.05) is 11.1 Å². The molecule has 0 N–H and O–H groups in total. The lowest BCUT2D eigenvalue weighted by atomic mass is 9.49. The second-order valence-electron chi connectivity index (χ2n) is 13.2. The molecule has 0 radical (unpaired) electrons. The Labute approximate surface area is 269 Å². The highest BCUT2D eigenvalue weighted by molar-refractivity contribution is 6.07. The van der Waals surface area contributed by atoms with E-state index in [1.165, 1.54) is 30.4 Å². The van der Waals surface area contributed by atoms with E-state index in [4.69, 9.17) is 19.0 Å². The summed E-state index contributed by atoms with van der Waals surface area (Å²) < 4.78 is 31.8. The molecule has 1 fully saturated rings. The van der Waals surface area contributed by atoms with Crippen LogP contribution in [0.3, 0.4) is 0 Å². The standard InChI is InChI=1S/C38H41FN2O5/c1-24-7-18-33-37(2,20-6-21-38(33,3)36(43)45-5)30(24)17-10-26-19-22-46-35(26)34(42)32-23-31(25-8-15-29(44-4)16-9-25)40-41(32)28-13-11-27(39)12-14-28/h8-9,11-16,19,22-23,33H,6-7,10,17-18,20-21H2,1-5H3/t33-,37-,38+/m1/s1. The van der Waals surface area contributed by atoms with Gasteiger partial charge in [-0.05, 0) is 124 Å². The molecule has 4 aromatic rings. The predicted octanol–water partition coefficient (Wildman–Crippen LogP) is 8.54. The van der Waals surface area contributed by atoms with Gasteiger partial charge in [0.25, 0.3) is 0 Å². The lowest BCUT2D eigenvalue weighted by Gasteiger charge is -2.54. The fourth-order valence-electron chi connectivity index (χ4n) is 8.18. The van der Waals surface area contributed by atoms with E-state index in [0.29, 0.717) is 29.2 Å². The highest BCUT2D eigenvalue weighted by Crippen LogP contribution is 2.60. The third kappa shape index (κ3) is 5.48. The van der Waals surface area contributed by atoms with Crippen LogP contribution in [0, 0.1) is 22.6 Å². The summed E-state index contributed by atoms with van der Waals surface area (Å²) in [5.41, 5.74) is 5.23. The maximum Gasteiger partial charge on any atom is 0.311 e. The number of hydrogen-bond acceptors (Lipinski definition) is 6. The first-order valence-corrected chi connectivity index (χ1v) is 16.0. The minimum atomic E-state index is -0.509. The van der Waals surface area contributed by atoms with Crippen LogP contribution in [0.4, 0.5) is 4.39 Å². The topological polar surface area (TPSA) is 83.6 Å². The van der Waals surface area contributed by atoms with Crippen molar-refractivity contribution in [1.29, 1.82) is 0 Å². The molecule has 46 heavy (non-hydrogen) atoms. The summed E-state index contributed by atoms with van der Waals surface area (Å²) >= 11 is 0. The fourth-order valence-corrected chi connectivity index (χ4v) is 8.18. The Kier molecular flexibility index (Phi) is 8.49. The first kappa shape index (κ1) is 31.5. The van der Waals surface area contributed by atoms with E-state index in [0.717, 1.165) is 49.7 Å². The number of aryl methyl sites for hydroxylation is 1. The highest BCUT2D eigenvalue weighted by atomic mass is 19.1. The Balaban J connectivity index is 1.31. The number of rotatable bonds is 9. The molecule has 2 aliphatic rings. The van der Waals surface area contributed by atoms with Gasteiger partial charge in [-0.3, -0.25) is 9.59 Å². The molecule has 0 bridgehead atoms. The van der Waals surface area contributed by atoms with Crippen molar-refractivity contribution in [2.24, 2.45) is 16.7 Å². The van der Waals surface area contributed by atoms with Gasteiger partial charge < -0.3 is 13.9 Å². The highest BCUT2D eigenvalue weighted by Gasteiger charge is 2.55. The van der Waals surface area contributed by atoms with Gasteiger partial charge in [-0.1, -0.05) is 24.5 Å². The second-order valence-corrected chi connectivity index (χ2v) is 13.2. The number of methoxy groups -OCH3 is 2. The average molecular weight is 625 g/mol. The van der Waals surface area contributed by atoms with Crippen LogP contribution in [0.1, 0.15) is 81.1 Å². The van der Waals surface area contributed by atoms with Crippen LogP contribution in [0.5, 0.6) is 5.75 Å². The molecule has 6 rings (SSSR count). The first-order chi connectivity index (χ1) is 22.1. The van der Waals surface area contributed by atoms with Gasteiger partial charge in [0.05, 0.1) is 37.3 Å². The van der Waals surface area contributed by atoms with E-state index in [1.54, 1.807) is 36.3 Å². The van der Waals surface area contributed by atoms with E-state index in [2.05, 4.69) is 20.8 Å². The van der Waals surface area contributed by atoms with Crippen LogP contribution in [0.15, 0.2) is 82.5 Å². The Bertz CT molecular complexity index is 1780. The van der Waals surface area contributed by atoms with Crippen LogP contribution >= 0.6 is 0 Å². The maximum absolute atomic E-state index is 14.2. The zero-order valence-electron chi connectivity index (χ0n) is 27.2. The predicted molar refractivity (Wildman–Crippen MR) is 173 cm³/mol. The molecule has 0 saturated heterocycles. The Hall–Kier alpha value is -4.46. The molecule has 8 heteroatoms. The summed E-state index contributed by atoms with van der Waals surface area (Å²) in [5, 5.41) is 4.76. The number of furan rings is 1. The van der Waals surface area contributed by atoms with E-state index >= 15 is 0 Å². The zero-order chi connectivity index (χ0) is 32.6. The molecule has 0 aliphatic heterocycles. The van der Waals surface area contributed by atoms with Crippen molar-refractivity contribution < 1.29 is 27.9 Å². The van der Waals surface area contributed by atoms with Gasteiger partial charge in [-0.15, -0.1) is 0 Å². The lowest BCUT2D eigenvalue weighted by Crippen LogP contribution is -2.50. The smallest absolute Gasteiger partial charge is 0.311 e. The van der Waals surface area contributed by atoms with Gasteiger partial charge in [0.15, 0.2) is 5.76 Å². The number of nitrogens with zero attached hydrogens (tertiary/aromatic N) is 2. The van der Waals surface area contributed by atoms with Crippen molar-refractivity contribution in [2.75, 3.05) is 14.2 Å². The van der Waals surface area contributed by atoms with Crippen LogP contribution in [0.2, 0.25) is 0 Å². The molecule has 2 aromatic heterocycles. The summed E-state index contributed by atoms with van der Waals surface area (Å²) in [5.74, 6) is 0.392. The Morgan fingerprint density at radius 3 is 2.46 bits per heavy atom. The molecule has 0 amide bonds. The number of allylic oxidation sites excluding steroid dienone is 2. The number of esters is 1. The zero-order valence-corrected chi connectivity index (χ0v) is 27.2. The van der Waals surface area contributed by atoms with Gasteiger partial charge >= 0.3 is 5.97 Å². The van der Waals surface area contributed by atoms with E-state index in [-0.39, 0.29) is 34.7 Å². The van der Waals surface area contributed by atoms with Gasteiger partial charge in [-0.25, -0.2) is 9.07 Å². The maximum atomic E-state index is 14.2. The quantitative estimate of drug-likeness (QED) is 0.105. The molecular formula is C38H41FN2O5. The van der Waals surface area contributed by atoms with Crippen molar-refractivity contribution in [3.8, 4) is 22.7 Å². The number of fused-ring (bicyclic) bond motifs is 1. The SMILES string of the molecule is COC(=O)[C@@]1(C)CCC[C@]2(C)C(CCc3ccoc3C(=O)c3cc(-c4ccc(OC)cc4)nn3-c3ccc(F)cc3)=C(C)CC[C@@H]12. The van der Waals surface area contributed by atoms with Gasteiger partial charge in [0.1, 0.15) is 17.3 Å². The number of carbonyl (C=O) groups is 2. The molecule has 0 unspecified atom stereocenters. The summed E-state index contributed by atoms with van der Waals surface area (Å²) in [7, 11) is 3.10. The molecule has 3 atom stereocenters. The third-order valence-electron chi connectivity index (χ3n) is 10.6. The second kappa shape index (κ2) is 12.4. The van der Waals surface area contributed by atoms with Crippen molar-refractivity contribution in [1.82, 2.24) is 9.78 Å². The normalized spacial score (nSPS) is 22.8. The molecule has 2 heterocycles. The first-order valence-electron chi connectivity index (χ1n) is 16.0. The molecule has 2 aromatic carbocycles. The van der Waals surface area contributed by atoms with Crippen LogP contribution in [-0.4, -0.2) is 35.8 Å². The van der Waals surface area contributed by atoms with E-state index in [1.807, 2.05) is 30.3 Å². The summed E-state index contributed by atoms with van der Waals surface area (Å²) in [6, 6.07) is 17.0. The number of hydrogen-bond donors (Lipinski definition) is 0. The molecule has 7 nitrogen and oxygen atoms in total. The number of ether oxygens (including phenoxy) is 2. The van der Waals surface area contributed by atoms with Gasteiger partial charge in [-0.2, -0.15) is 5.10 Å². The molecule has 0 spiro atoms. The number of ketones is 1. The van der Waals surface area contributed by atoms with Gasteiger partial charge in [0.2, 0.25) is 5.78 Å². The molecule has 1 saturated carbocycles. The number of halogens is 1. The number of aromatic nitrogens is 2. The molecule has 2 aliphatic carbocycles. The minimum absolute atomic E-state index is 0.114. The van der Waals surface area contributed by atoms with E-state index < -0.39 is 5.41 Å². The van der Waals surface area contributed by atoms with Crippen LogP contribution in [-0.2, 0) is 16.0 Å². The summed E-state index contributed by atoms with van der Waals surface area (Å²) in [6.45, 7) is 6.61. The minimum Gasteiger partial charge on any atom is -0.497 e. The average Bonchev–Trinajstić information content (AvgIpc) is 3.72. The Morgan fingerprint density at radius 1 is 1.02 bits per heavy atom. The largest absolute Gasteiger partial charge is 0.497 e. The fraction of sp³-hybridized carbons (Fsp3) is 0.395. The van der Waals surface area contributed by atoms with Crippen LogP contribution in [0.25, 0.3) is 16.9 Å². The lowest BCUT2D eigenvalue weighted by molar-refractivity contribution is -0.163. The Morgan fingerprint density at radius 2 is 1.76 bits per heavy atom. The molecule has 240 valence electrons. The van der Waals surface area contributed by atoms with E-state index in [9.17, 15) is 14.0 Å². The van der Waals surface area contributed by atoms with Crippen molar-refractivity contribution in [3.05, 3.63) is 101 Å². The van der Waals surface area contributed by atoms with Crippen LogP contribution < -0.4 is 4.74 Å². The number of carbonyl (C=O) groups excluding carboxylic acids is 2. The van der Waals surface area contributed by atoms with Crippen molar-refractivity contribution >= 4 is 11.8 Å². The number of benzene rings is 2. The monoisotopic (exact) mass is 624 g/mol. The molecular weight excluding hydrogens is 583 g/mol. The summed E-state index contributed by atoms with van der Waals surface area (Å²) in [4.78, 5) is 27.2.